The lowest BCUT2D eigenvalue weighted by Gasteiger charge is -2.31. The van der Waals surface area contributed by atoms with E-state index in [9.17, 15) is 0 Å². The molecule has 0 aliphatic carbocycles. The Hall–Kier alpha value is -6.74. The van der Waals surface area contributed by atoms with E-state index in [4.69, 9.17) is 0 Å². The topological polar surface area (TPSA) is 3.24 Å². The SMILES string of the molecule is CC(C)(C)c1cc(-c2ccccc2N(c2ccc(-c3cccc4c3sc3ccccc34)cc2)c2ccccc2-c2cccc3cccc(-c4ccccc4)c23)cc(C(C)(C)C)c1. The summed E-state index contributed by atoms with van der Waals surface area (Å²) in [5.74, 6) is 0. The number of thiophene rings is 1. The van der Waals surface area contributed by atoms with E-state index < -0.39 is 0 Å². The van der Waals surface area contributed by atoms with Gasteiger partial charge in [0.15, 0.2) is 0 Å². The van der Waals surface area contributed by atoms with Crippen molar-refractivity contribution in [1.29, 1.82) is 0 Å². The van der Waals surface area contributed by atoms with Crippen LogP contribution < -0.4 is 4.90 Å². The van der Waals surface area contributed by atoms with Crippen LogP contribution in [0, 0.1) is 0 Å². The number of anilines is 3. The number of benzene rings is 9. The van der Waals surface area contributed by atoms with Crippen LogP contribution in [0.4, 0.5) is 17.1 Å². The van der Waals surface area contributed by atoms with Crippen LogP contribution in [0.15, 0.2) is 200 Å². The van der Waals surface area contributed by atoms with E-state index in [0.717, 1.165) is 17.1 Å². The molecule has 0 unspecified atom stereocenters. The molecule has 0 atom stereocenters. The van der Waals surface area contributed by atoms with Crippen LogP contribution in [-0.4, -0.2) is 0 Å². The van der Waals surface area contributed by atoms with Crippen molar-refractivity contribution in [2.75, 3.05) is 4.90 Å². The summed E-state index contributed by atoms with van der Waals surface area (Å²) in [6, 6.07) is 74.2. The van der Waals surface area contributed by atoms with Crippen molar-refractivity contribution in [3.63, 3.8) is 0 Å². The fourth-order valence-corrected chi connectivity index (χ4v) is 10.3. The van der Waals surface area contributed by atoms with Crippen LogP contribution in [0.1, 0.15) is 52.7 Å². The molecule has 0 N–H and O–H groups in total. The zero-order valence-corrected chi connectivity index (χ0v) is 37.2. The summed E-state index contributed by atoms with van der Waals surface area (Å²) in [7, 11) is 0. The normalized spacial score (nSPS) is 12.0. The molecule has 1 heterocycles. The minimum Gasteiger partial charge on any atom is -0.309 e. The summed E-state index contributed by atoms with van der Waals surface area (Å²) in [4.78, 5) is 2.50. The Morgan fingerprint density at radius 1 is 0.371 bits per heavy atom. The van der Waals surface area contributed by atoms with Crippen LogP contribution in [0.25, 0.3) is 75.5 Å². The van der Waals surface area contributed by atoms with Crippen molar-refractivity contribution in [3.05, 3.63) is 211 Å². The summed E-state index contributed by atoms with van der Waals surface area (Å²) >= 11 is 1.88. The largest absolute Gasteiger partial charge is 0.309 e. The maximum absolute atomic E-state index is 2.50. The molecule has 0 bridgehead atoms. The molecular weight excluding hydrogens is 767 g/mol. The van der Waals surface area contributed by atoms with Crippen molar-refractivity contribution in [2.24, 2.45) is 0 Å². The molecule has 0 radical (unpaired) electrons. The number of para-hydroxylation sites is 2. The molecule has 0 saturated heterocycles. The monoisotopic (exact) mass is 817 g/mol. The van der Waals surface area contributed by atoms with Gasteiger partial charge in [0.1, 0.15) is 0 Å². The molecule has 62 heavy (non-hydrogen) atoms. The summed E-state index contributed by atoms with van der Waals surface area (Å²) in [5.41, 5.74) is 15.7. The van der Waals surface area contributed by atoms with Crippen LogP contribution in [0.2, 0.25) is 0 Å². The molecule has 0 fully saturated rings. The van der Waals surface area contributed by atoms with Crippen LogP contribution in [0.5, 0.6) is 0 Å². The first-order valence-electron chi connectivity index (χ1n) is 21.8. The first kappa shape index (κ1) is 39.4. The second-order valence-electron chi connectivity index (χ2n) is 18.6. The van der Waals surface area contributed by atoms with Crippen molar-refractivity contribution >= 4 is 59.3 Å². The lowest BCUT2D eigenvalue weighted by atomic mass is 9.78. The predicted octanol–water partition coefficient (Wildman–Crippen LogP) is 17.9. The smallest absolute Gasteiger partial charge is 0.0540 e. The molecule has 0 saturated carbocycles. The Balaban J connectivity index is 1.21. The number of rotatable bonds is 7. The number of hydrogen-bond acceptors (Lipinski definition) is 2. The van der Waals surface area contributed by atoms with Gasteiger partial charge < -0.3 is 4.90 Å². The highest BCUT2D eigenvalue weighted by Crippen LogP contribution is 2.48. The van der Waals surface area contributed by atoms with Gasteiger partial charge in [0.05, 0.1) is 11.4 Å². The number of fused-ring (bicyclic) bond motifs is 4. The third-order valence-electron chi connectivity index (χ3n) is 12.4. The highest BCUT2D eigenvalue weighted by Gasteiger charge is 2.25. The van der Waals surface area contributed by atoms with Gasteiger partial charge in [-0.3, -0.25) is 0 Å². The summed E-state index contributed by atoms with van der Waals surface area (Å²) in [5, 5.41) is 5.11. The quantitative estimate of drug-likeness (QED) is 0.155. The molecule has 0 amide bonds. The van der Waals surface area contributed by atoms with Gasteiger partial charge in [-0.25, -0.2) is 0 Å². The van der Waals surface area contributed by atoms with Crippen molar-refractivity contribution in [2.45, 2.75) is 52.4 Å². The van der Waals surface area contributed by atoms with Gasteiger partial charge in [-0.05, 0) is 96.4 Å². The summed E-state index contributed by atoms with van der Waals surface area (Å²) in [6.45, 7) is 13.9. The van der Waals surface area contributed by atoms with E-state index in [1.165, 1.54) is 86.6 Å². The Morgan fingerprint density at radius 3 is 1.58 bits per heavy atom. The summed E-state index contributed by atoms with van der Waals surface area (Å²) in [6.07, 6.45) is 0. The average Bonchev–Trinajstić information content (AvgIpc) is 3.68. The lowest BCUT2D eigenvalue weighted by molar-refractivity contribution is 0.569. The van der Waals surface area contributed by atoms with Crippen molar-refractivity contribution in [3.8, 4) is 44.5 Å². The second-order valence-corrected chi connectivity index (χ2v) is 19.6. The highest BCUT2D eigenvalue weighted by molar-refractivity contribution is 7.26. The van der Waals surface area contributed by atoms with Gasteiger partial charge in [0.2, 0.25) is 0 Å². The zero-order valence-electron chi connectivity index (χ0n) is 36.4. The molecule has 1 nitrogen and oxygen atoms in total. The van der Waals surface area contributed by atoms with Crippen molar-refractivity contribution < 1.29 is 0 Å². The number of nitrogens with zero attached hydrogens (tertiary/aromatic N) is 1. The van der Waals surface area contributed by atoms with Gasteiger partial charge in [-0.15, -0.1) is 11.3 Å². The van der Waals surface area contributed by atoms with Gasteiger partial charge in [-0.2, -0.15) is 0 Å². The van der Waals surface area contributed by atoms with Crippen LogP contribution >= 0.6 is 11.3 Å². The van der Waals surface area contributed by atoms with E-state index in [1.807, 2.05) is 11.3 Å². The molecule has 0 aliphatic heterocycles. The van der Waals surface area contributed by atoms with E-state index in [1.54, 1.807) is 0 Å². The summed E-state index contributed by atoms with van der Waals surface area (Å²) < 4.78 is 2.65. The minimum atomic E-state index is -0.0187. The second kappa shape index (κ2) is 15.6. The first-order chi connectivity index (χ1) is 30.0. The Kier molecular flexibility index (Phi) is 9.93. The van der Waals surface area contributed by atoms with E-state index in [-0.39, 0.29) is 10.8 Å². The van der Waals surface area contributed by atoms with E-state index in [0.29, 0.717) is 0 Å². The Bertz CT molecular complexity index is 3210. The highest BCUT2D eigenvalue weighted by atomic mass is 32.1. The fourth-order valence-electron chi connectivity index (χ4n) is 9.05. The predicted molar refractivity (Wildman–Crippen MR) is 271 cm³/mol. The Labute approximate surface area is 370 Å². The molecule has 10 aromatic rings. The maximum atomic E-state index is 2.50. The standard InChI is InChI=1S/C60H51NS/c1-59(2,3)44-37-43(38-45(39-44)60(4,5)6)47-23-10-13-30-54(47)61(46-35-33-41(34-36-46)49-27-18-29-53-51-25-12-15-32-56(51)62-58(49)53)55-31-14-11-24-50(55)52-28-17-22-42-21-16-26-48(57(42)52)40-19-8-7-9-20-40/h7-39H,1-6H3. The molecular formula is C60H51NS. The van der Waals surface area contributed by atoms with Crippen LogP contribution in [0.3, 0.4) is 0 Å². The lowest BCUT2D eigenvalue weighted by Crippen LogP contribution is -2.17. The molecule has 9 aromatic carbocycles. The fraction of sp³-hybridized carbons (Fsp3) is 0.133. The molecule has 1 aromatic heterocycles. The molecule has 0 aliphatic rings. The van der Waals surface area contributed by atoms with Gasteiger partial charge in [0.25, 0.3) is 0 Å². The maximum Gasteiger partial charge on any atom is 0.0540 e. The molecule has 0 spiro atoms. The number of hydrogen-bond donors (Lipinski definition) is 0. The minimum absolute atomic E-state index is 0.0187. The Morgan fingerprint density at radius 2 is 0.887 bits per heavy atom. The van der Waals surface area contributed by atoms with E-state index >= 15 is 0 Å². The van der Waals surface area contributed by atoms with Gasteiger partial charge >= 0.3 is 0 Å². The average molecular weight is 818 g/mol. The third-order valence-corrected chi connectivity index (χ3v) is 13.6. The zero-order chi connectivity index (χ0) is 42.6. The van der Waals surface area contributed by atoms with E-state index in [2.05, 4.69) is 247 Å². The third kappa shape index (κ3) is 7.19. The first-order valence-corrected chi connectivity index (χ1v) is 22.6. The van der Waals surface area contributed by atoms with Gasteiger partial charge in [0, 0.05) is 37.0 Å². The van der Waals surface area contributed by atoms with Gasteiger partial charge in [-0.1, -0.05) is 211 Å². The van der Waals surface area contributed by atoms with Crippen LogP contribution in [-0.2, 0) is 10.8 Å². The molecule has 2 heteroatoms. The molecule has 302 valence electrons. The van der Waals surface area contributed by atoms with Crippen molar-refractivity contribution in [1.82, 2.24) is 0 Å². The molecule has 10 rings (SSSR count).